The lowest BCUT2D eigenvalue weighted by Gasteiger charge is -1.98. The number of nitrogens with zero attached hydrogens (tertiary/aromatic N) is 2. The first-order valence-corrected chi connectivity index (χ1v) is 3.82. The van der Waals surface area contributed by atoms with Crippen molar-refractivity contribution in [2.24, 2.45) is 10.8 Å². The maximum Gasteiger partial charge on any atom is 0.399 e. The molecule has 2 amide bonds. The maximum atomic E-state index is 11.0. The monoisotopic (exact) mass is 209 g/mol. The third kappa shape index (κ3) is 2.76. The van der Waals surface area contributed by atoms with Crippen LogP contribution in [-0.4, -0.2) is 22.0 Å². The Labute approximate surface area is 84.0 Å². The van der Waals surface area contributed by atoms with E-state index in [1.54, 1.807) is 0 Å². The Morgan fingerprint density at radius 3 is 2.27 bits per heavy atom. The van der Waals surface area contributed by atoms with E-state index in [1.807, 2.05) is 0 Å². The molecule has 0 aliphatic carbocycles. The Bertz CT molecular complexity index is 424. The summed E-state index contributed by atoms with van der Waals surface area (Å²) < 4.78 is 0. The first-order valence-electron chi connectivity index (χ1n) is 3.82. The number of amides is 2. The van der Waals surface area contributed by atoms with Crippen molar-refractivity contribution in [1.29, 1.82) is 0 Å². The van der Waals surface area contributed by atoms with Gasteiger partial charge in [0.2, 0.25) is 5.69 Å². The molecule has 78 valence electrons. The van der Waals surface area contributed by atoms with Gasteiger partial charge in [-0.3, -0.25) is 0 Å². The van der Waals surface area contributed by atoms with Crippen molar-refractivity contribution < 1.29 is 19.6 Å². The second-order valence-corrected chi connectivity index (χ2v) is 2.56. The van der Waals surface area contributed by atoms with Crippen molar-refractivity contribution in [2.45, 2.75) is 0 Å². The number of nitrogens with two attached hydrogens (primary N) is 1. The summed E-state index contributed by atoms with van der Waals surface area (Å²) in [6.07, 6.45) is 0. The summed E-state index contributed by atoms with van der Waals surface area (Å²) in [5.41, 5.74) is 4.73. The van der Waals surface area contributed by atoms with E-state index in [9.17, 15) is 14.8 Å². The van der Waals surface area contributed by atoms with E-state index in [1.165, 1.54) is 24.3 Å². The molecule has 1 rings (SSSR count). The predicted octanol–water partition coefficient (Wildman–Crippen LogP) is 1.06. The molecule has 0 aromatic heterocycles. The third-order valence-corrected chi connectivity index (χ3v) is 1.52. The molecule has 7 heteroatoms. The molecule has 0 spiro atoms. The van der Waals surface area contributed by atoms with E-state index < -0.39 is 12.0 Å². The molecule has 1 aromatic carbocycles. The molecular formula is C8H7N3O4. The van der Waals surface area contributed by atoms with Gasteiger partial charge in [-0.05, 0) is 17.0 Å². The zero-order valence-electron chi connectivity index (χ0n) is 7.45. The minimum absolute atomic E-state index is 0.0218. The molecule has 0 fully saturated rings. The van der Waals surface area contributed by atoms with Crippen molar-refractivity contribution in [3.05, 3.63) is 35.0 Å². The lowest BCUT2D eigenvalue weighted by molar-refractivity contribution is -0.434. The highest BCUT2D eigenvalue weighted by Gasteiger charge is 2.07. The largest absolute Gasteiger partial charge is 0.594 e. The molecule has 0 atom stereocenters. The van der Waals surface area contributed by atoms with Gasteiger partial charge in [0.25, 0.3) is 0 Å². The molecule has 1 aromatic rings. The molecular weight excluding hydrogens is 202 g/mol. The number of rotatable bonds is 2. The van der Waals surface area contributed by atoms with Crippen LogP contribution in [0.25, 0.3) is 0 Å². The normalized spacial score (nSPS) is 11.1. The molecule has 15 heavy (non-hydrogen) atoms. The van der Waals surface area contributed by atoms with Crippen LogP contribution in [0.5, 0.6) is 0 Å². The Balaban J connectivity index is 2.99. The van der Waals surface area contributed by atoms with Crippen molar-refractivity contribution in [1.82, 2.24) is 0 Å². The highest BCUT2D eigenvalue weighted by molar-refractivity contribution is 5.87. The number of carbonyl (C=O) groups excluding carboxylic acids is 1. The van der Waals surface area contributed by atoms with E-state index in [-0.39, 0.29) is 16.1 Å². The van der Waals surface area contributed by atoms with Gasteiger partial charge in [-0.2, -0.15) is 0 Å². The maximum absolute atomic E-state index is 11.0. The smallest absolute Gasteiger partial charge is 0.399 e. The Hall–Kier alpha value is -2.44. The zero-order valence-corrected chi connectivity index (χ0v) is 7.45. The van der Waals surface area contributed by atoms with Gasteiger partial charge < -0.3 is 16.0 Å². The highest BCUT2D eigenvalue weighted by atomic mass is 16.5. The van der Waals surface area contributed by atoms with Crippen LogP contribution in [0.2, 0.25) is 0 Å². The number of azo groups is 1. The van der Waals surface area contributed by atoms with Crippen LogP contribution in [0.3, 0.4) is 0 Å². The molecule has 0 aliphatic rings. The Morgan fingerprint density at radius 1 is 1.33 bits per heavy atom. The summed E-state index contributed by atoms with van der Waals surface area (Å²) in [6.45, 7) is 0. The average molecular weight is 209 g/mol. The van der Waals surface area contributed by atoms with Gasteiger partial charge in [0.1, 0.15) is 0 Å². The molecule has 0 unspecified atom stereocenters. The second kappa shape index (κ2) is 4.18. The van der Waals surface area contributed by atoms with Crippen molar-refractivity contribution >= 4 is 17.7 Å². The standard InChI is InChI=1S/C8H7N3O4/c9-8(14)10-11(15)6-3-1-5(2-4-6)7(12)13/h1-4H,(H2,9,14)(H,12,13)/b11-10+. The molecule has 0 aliphatic heterocycles. The number of urea groups is 1. The topological polar surface area (TPSA) is 119 Å². The number of carbonyl (C=O) groups is 2. The van der Waals surface area contributed by atoms with Crippen LogP contribution < -0.4 is 5.73 Å². The summed E-state index contributed by atoms with van der Waals surface area (Å²) >= 11 is 0. The van der Waals surface area contributed by atoms with E-state index in [4.69, 9.17) is 5.11 Å². The Morgan fingerprint density at radius 2 is 1.87 bits per heavy atom. The first-order chi connectivity index (χ1) is 7.00. The predicted molar refractivity (Wildman–Crippen MR) is 48.7 cm³/mol. The molecule has 0 saturated heterocycles. The van der Waals surface area contributed by atoms with Crippen molar-refractivity contribution in [3.63, 3.8) is 0 Å². The van der Waals surface area contributed by atoms with Crippen LogP contribution in [0, 0.1) is 5.21 Å². The summed E-state index contributed by atoms with van der Waals surface area (Å²) in [5.74, 6) is -1.11. The number of primary amides is 1. The summed E-state index contributed by atoms with van der Waals surface area (Å²) in [5, 5.41) is 22.5. The number of benzene rings is 1. The number of aromatic carboxylic acids is 1. The third-order valence-electron chi connectivity index (χ3n) is 1.52. The molecule has 0 saturated carbocycles. The fourth-order valence-electron chi connectivity index (χ4n) is 0.879. The van der Waals surface area contributed by atoms with Gasteiger partial charge in [-0.25, -0.2) is 9.59 Å². The lowest BCUT2D eigenvalue weighted by atomic mass is 10.2. The highest BCUT2D eigenvalue weighted by Crippen LogP contribution is 2.12. The molecule has 0 heterocycles. The van der Waals surface area contributed by atoms with E-state index >= 15 is 0 Å². The fraction of sp³-hybridized carbons (Fsp3) is 0. The van der Waals surface area contributed by atoms with Crippen LogP contribution in [0.1, 0.15) is 10.4 Å². The number of hydrogen-bond donors (Lipinski definition) is 2. The lowest BCUT2D eigenvalue weighted by Crippen LogP contribution is -2.07. The average Bonchev–Trinajstić information content (AvgIpc) is 2.17. The van der Waals surface area contributed by atoms with Gasteiger partial charge in [-0.1, -0.05) is 0 Å². The summed E-state index contributed by atoms with van der Waals surface area (Å²) in [6, 6.07) is 3.77. The quantitative estimate of drug-likeness (QED) is 0.429. The van der Waals surface area contributed by atoms with Gasteiger partial charge >= 0.3 is 12.0 Å². The first kappa shape index (κ1) is 10.6. The summed E-state index contributed by atoms with van der Waals surface area (Å²) in [4.78, 5) is 20.8. The molecule has 0 bridgehead atoms. The van der Waals surface area contributed by atoms with Gasteiger partial charge in [-0.15, -0.1) is 0 Å². The fourth-order valence-corrected chi connectivity index (χ4v) is 0.879. The van der Waals surface area contributed by atoms with Crippen LogP contribution in [0.4, 0.5) is 10.5 Å². The van der Waals surface area contributed by atoms with Gasteiger partial charge in [0.05, 0.1) is 10.7 Å². The van der Waals surface area contributed by atoms with Crippen LogP contribution in [-0.2, 0) is 0 Å². The Kier molecular flexibility index (Phi) is 2.97. The minimum atomic E-state index is -1.12. The van der Waals surface area contributed by atoms with E-state index in [0.29, 0.717) is 0 Å². The summed E-state index contributed by atoms with van der Waals surface area (Å²) in [7, 11) is 0. The van der Waals surface area contributed by atoms with Gasteiger partial charge in [0, 0.05) is 12.1 Å². The van der Waals surface area contributed by atoms with E-state index in [0.717, 1.165) is 0 Å². The SMILES string of the molecule is NC(=O)/N=[N+](/[O-])c1ccc(C(=O)O)cc1. The number of carboxylic acids is 1. The number of hydrogen-bond acceptors (Lipinski definition) is 3. The molecule has 3 N–H and O–H groups in total. The van der Waals surface area contributed by atoms with Crippen LogP contribution >= 0.6 is 0 Å². The van der Waals surface area contributed by atoms with Crippen LogP contribution in [0.15, 0.2) is 29.4 Å². The zero-order chi connectivity index (χ0) is 11.4. The van der Waals surface area contributed by atoms with E-state index in [2.05, 4.69) is 10.8 Å². The molecule has 7 nitrogen and oxygen atoms in total. The molecule has 0 radical (unpaired) electrons. The van der Waals surface area contributed by atoms with Crippen molar-refractivity contribution in [3.8, 4) is 0 Å². The number of carboxylic acid groups (broad SMARTS) is 1. The van der Waals surface area contributed by atoms with Gasteiger partial charge in [0.15, 0.2) is 0 Å². The second-order valence-electron chi connectivity index (χ2n) is 2.56. The van der Waals surface area contributed by atoms with Crippen molar-refractivity contribution in [2.75, 3.05) is 0 Å². The minimum Gasteiger partial charge on any atom is -0.594 e.